The van der Waals surface area contributed by atoms with E-state index in [4.69, 9.17) is 4.99 Å². The van der Waals surface area contributed by atoms with Crippen LogP contribution in [-0.2, 0) is 12.8 Å². The summed E-state index contributed by atoms with van der Waals surface area (Å²) in [5.41, 5.74) is 7.83. The average molecular weight is 337 g/mol. The van der Waals surface area contributed by atoms with E-state index in [9.17, 15) is 0 Å². The van der Waals surface area contributed by atoms with Gasteiger partial charge in [-0.25, -0.2) is 0 Å². The predicted molar refractivity (Wildman–Crippen MR) is 111 cm³/mol. The second kappa shape index (κ2) is 7.97. The average Bonchev–Trinajstić information content (AvgIpc) is 2.71. The standard InChI is InChI=1S/C25H23N/c1-3-9-20(10-4-1)17-18-26-25-23(19-21-11-5-2-6-12-21)16-15-22-13-7-8-14-24(22)25/h1-14,19H,15-18H2/b23-19+,26-25?. The van der Waals surface area contributed by atoms with Gasteiger partial charge in [-0.05, 0) is 47.6 Å². The van der Waals surface area contributed by atoms with Crippen molar-refractivity contribution in [1.29, 1.82) is 0 Å². The first-order valence-electron chi connectivity index (χ1n) is 9.33. The summed E-state index contributed by atoms with van der Waals surface area (Å²) in [6, 6.07) is 29.9. The van der Waals surface area contributed by atoms with Crippen molar-refractivity contribution in [3.8, 4) is 0 Å². The van der Waals surface area contributed by atoms with E-state index in [2.05, 4.69) is 91.0 Å². The fourth-order valence-corrected chi connectivity index (χ4v) is 3.55. The number of aryl methyl sites for hydroxylation is 1. The summed E-state index contributed by atoms with van der Waals surface area (Å²) in [5, 5.41) is 0. The van der Waals surface area contributed by atoms with E-state index in [1.54, 1.807) is 0 Å². The molecular formula is C25H23N. The van der Waals surface area contributed by atoms with Crippen LogP contribution in [0.5, 0.6) is 0 Å². The van der Waals surface area contributed by atoms with Gasteiger partial charge in [0.15, 0.2) is 0 Å². The van der Waals surface area contributed by atoms with Crippen molar-refractivity contribution >= 4 is 11.8 Å². The van der Waals surface area contributed by atoms with Crippen LogP contribution in [0.4, 0.5) is 0 Å². The number of aliphatic imine (C=N–C) groups is 1. The highest BCUT2D eigenvalue weighted by Crippen LogP contribution is 2.27. The van der Waals surface area contributed by atoms with Crippen molar-refractivity contribution in [1.82, 2.24) is 0 Å². The summed E-state index contributed by atoms with van der Waals surface area (Å²) in [6.45, 7) is 0.819. The van der Waals surface area contributed by atoms with Crippen LogP contribution in [-0.4, -0.2) is 12.3 Å². The molecule has 0 radical (unpaired) electrons. The van der Waals surface area contributed by atoms with Crippen LogP contribution in [0.25, 0.3) is 6.08 Å². The van der Waals surface area contributed by atoms with Gasteiger partial charge in [0.2, 0.25) is 0 Å². The lowest BCUT2D eigenvalue weighted by atomic mass is 9.85. The van der Waals surface area contributed by atoms with Gasteiger partial charge in [0.05, 0.1) is 5.71 Å². The maximum atomic E-state index is 5.05. The predicted octanol–water partition coefficient (Wildman–Crippen LogP) is 5.75. The smallest absolute Gasteiger partial charge is 0.0681 e. The molecule has 0 heterocycles. The third kappa shape index (κ3) is 3.83. The first kappa shape index (κ1) is 16.5. The van der Waals surface area contributed by atoms with Crippen molar-refractivity contribution in [2.75, 3.05) is 6.54 Å². The molecule has 0 aliphatic heterocycles. The molecule has 0 amide bonds. The lowest BCUT2D eigenvalue weighted by Gasteiger charge is -2.21. The quantitative estimate of drug-likeness (QED) is 0.575. The molecule has 0 unspecified atom stereocenters. The summed E-state index contributed by atoms with van der Waals surface area (Å²) in [4.78, 5) is 5.05. The van der Waals surface area contributed by atoms with Crippen LogP contribution in [0.3, 0.4) is 0 Å². The minimum absolute atomic E-state index is 0.819. The molecule has 4 rings (SSSR count). The van der Waals surface area contributed by atoms with Gasteiger partial charge in [0, 0.05) is 12.1 Å². The zero-order valence-corrected chi connectivity index (χ0v) is 14.9. The van der Waals surface area contributed by atoms with E-state index in [0.29, 0.717) is 0 Å². The molecular weight excluding hydrogens is 314 g/mol. The Bertz CT molecular complexity index is 921. The molecule has 0 aromatic heterocycles. The summed E-state index contributed by atoms with van der Waals surface area (Å²) >= 11 is 0. The largest absolute Gasteiger partial charge is 0.284 e. The van der Waals surface area contributed by atoms with Crippen molar-refractivity contribution in [2.45, 2.75) is 19.3 Å². The van der Waals surface area contributed by atoms with E-state index in [1.165, 1.54) is 33.5 Å². The Morgan fingerprint density at radius 1 is 0.731 bits per heavy atom. The summed E-state index contributed by atoms with van der Waals surface area (Å²) < 4.78 is 0. The highest BCUT2D eigenvalue weighted by molar-refractivity contribution is 6.16. The molecule has 128 valence electrons. The van der Waals surface area contributed by atoms with Crippen molar-refractivity contribution in [3.05, 3.63) is 113 Å². The number of rotatable bonds is 4. The normalized spacial score (nSPS) is 16.6. The molecule has 0 fully saturated rings. The molecule has 0 N–H and O–H groups in total. The fraction of sp³-hybridized carbons (Fsp3) is 0.160. The summed E-state index contributed by atoms with van der Waals surface area (Å²) in [5.74, 6) is 0. The summed E-state index contributed by atoms with van der Waals surface area (Å²) in [7, 11) is 0. The van der Waals surface area contributed by atoms with Gasteiger partial charge in [-0.2, -0.15) is 0 Å². The Morgan fingerprint density at radius 2 is 1.42 bits per heavy atom. The number of hydrogen-bond acceptors (Lipinski definition) is 1. The molecule has 26 heavy (non-hydrogen) atoms. The molecule has 1 heteroatoms. The Labute approximate surface area is 155 Å². The van der Waals surface area contributed by atoms with Gasteiger partial charge >= 0.3 is 0 Å². The molecule has 0 atom stereocenters. The van der Waals surface area contributed by atoms with E-state index in [1.807, 2.05) is 0 Å². The second-order valence-electron chi connectivity index (χ2n) is 6.70. The number of hydrogen-bond donors (Lipinski definition) is 0. The van der Waals surface area contributed by atoms with Crippen molar-refractivity contribution in [3.63, 3.8) is 0 Å². The highest BCUT2D eigenvalue weighted by atomic mass is 14.7. The van der Waals surface area contributed by atoms with Crippen LogP contribution in [0, 0.1) is 0 Å². The van der Waals surface area contributed by atoms with Crippen LogP contribution in [0.1, 0.15) is 28.7 Å². The van der Waals surface area contributed by atoms with Crippen LogP contribution in [0.15, 0.2) is 95.5 Å². The van der Waals surface area contributed by atoms with Crippen molar-refractivity contribution < 1.29 is 0 Å². The number of fused-ring (bicyclic) bond motifs is 1. The van der Waals surface area contributed by atoms with Crippen LogP contribution < -0.4 is 0 Å². The monoisotopic (exact) mass is 337 g/mol. The van der Waals surface area contributed by atoms with Crippen molar-refractivity contribution in [2.24, 2.45) is 4.99 Å². The molecule has 1 aliphatic rings. The topological polar surface area (TPSA) is 12.4 Å². The second-order valence-corrected chi connectivity index (χ2v) is 6.70. The minimum atomic E-state index is 0.819. The molecule has 0 bridgehead atoms. The number of benzene rings is 3. The lowest BCUT2D eigenvalue weighted by molar-refractivity contribution is 0.928. The lowest BCUT2D eigenvalue weighted by Crippen LogP contribution is -2.16. The van der Waals surface area contributed by atoms with Crippen LogP contribution >= 0.6 is 0 Å². The van der Waals surface area contributed by atoms with E-state index < -0.39 is 0 Å². The van der Waals surface area contributed by atoms with Gasteiger partial charge < -0.3 is 0 Å². The van der Waals surface area contributed by atoms with Gasteiger partial charge in [0.25, 0.3) is 0 Å². The molecule has 1 aliphatic carbocycles. The Balaban J connectivity index is 1.65. The Kier molecular flexibility index (Phi) is 5.07. The first-order chi connectivity index (χ1) is 12.9. The molecule has 0 saturated heterocycles. The third-order valence-electron chi connectivity index (χ3n) is 4.89. The third-order valence-corrected chi connectivity index (χ3v) is 4.89. The van der Waals surface area contributed by atoms with Gasteiger partial charge in [-0.1, -0.05) is 84.9 Å². The summed E-state index contributed by atoms with van der Waals surface area (Å²) in [6.07, 6.45) is 5.42. The van der Waals surface area contributed by atoms with Gasteiger partial charge in [0.1, 0.15) is 0 Å². The van der Waals surface area contributed by atoms with Gasteiger partial charge in [-0.3, -0.25) is 4.99 Å². The highest BCUT2D eigenvalue weighted by Gasteiger charge is 2.19. The van der Waals surface area contributed by atoms with E-state index in [0.717, 1.165) is 25.8 Å². The zero-order valence-electron chi connectivity index (χ0n) is 14.9. The first-order valence-corrected chi connectivity index (χ1v) is 9.33. The number of nitrogens with zero attached hydrogens (tertiary/aromatic N) is 1. The van der Waals surface area contributed by atoms with Crippen LogP contribution in [0.2, 0.25) is 0 Å². The maximum absolute atomic E-state index is 5.05. The van der Waals surface area contributed by atoms with Gasteiger partial charge in [-0.15, -0.1) is 0 Å². The molecule has 1 nitrogen and oxygen atoms in total. The van der Waals surface area contributed by atoms with E-state index in [-0.39, 0.29) is 0 Å². The molecule has 3 aromatic rings. The fourth-order valence-electron chi connectivity index (χ4n) is 3.55. The molecule has 3 aromatic carbocycles. The Hall–Kier alpha value is -2.93. The Morgan fingerprint density at radius 3 is 2.23 bits per heavy atom. The molecule has 0 spiro atoms. The maximum Gasteiger partial charge on any atom is 0.0681 e. The van der Waals surface area contributed by atoms with E-state index >= 15 is 0 Å². The zero-order chi connectivity index (χ0) is 17.6. The number of allylic oxidation sites excluding steroid dienone is 1. The molecule has 0 saturated carbocycles. The SMILES string of the molecule is C(=C1/CCc2ccccc2C1=NCCc1ccccc1)/c1ccccc1. The minimum Gasteiger partial charge on any atom is -0.284 e.